The molecule has 1 aliphatic heterocycles. The van der Waals surface area contributed by atoms with Gasteiger partial charge in [-0.15, -0.1) is 0 Å². The third-order valence-electron chi connectivity index (χ3n) is 4.52. The number of urea groups is 1. The van der Waals surface area contributed by atoms with E-state index in [2.05, 4.69) is 20.6 Å². The molecule has 0 aliphatic carbocycles. The van der Waals surface area contributed by atoms with Crippen molar-refractivity contribution in [2.24, 2.45) is 0 Å². The molecule has 0 bridgehead atoms. The van der Waals surface area contributed by atoms with Crippen molar-refractivity contribution in [3.05, 3.63) is 53.6 Å². The van der Waals surface area contributed by atoms with Gasteiger partial charge in [0, 0.05) is 57.2 Å². The van der Waals surface area contributed by atoms with Crippen molar-refractivity contribution in [3.8, 4) is 0 Å². The highest BCUT2D eigenvalue weighted by Gasteiger charge is 2.22. The Kier molecular flexibility index (Phi) is 6.36. The lowest BCUT2D eigenvalue weighted by atomic mass is 10.1. The van der Waals surface area contributed by atoms with Crippen LogP contribution in [0.15, 0.2) is 36.7 Å². The number of aromatic nitrogens is 2. The molecule has 0 spiro atoms. The Morgan fingerprint density at radius 2 is 1.75 bits per heavy atom. The smallest absolute Gasteiger partial charge is 0.317 e. The van der Waals surface area contributed by atoms with Gasteiger partial charge < -0.3 is 20.4 Å². The summed E-state index contributed by atoms with van der Waals surface area (Å²) in [4.78, 5) is 36.4. The van der Waals surface area contributed by atoms with E-state index in [-0.39, 0.29) is 24.0 Å². The first-order valence-corrected chi connectivity index (χ1v) is 9.13. The minimum atomic E-state index is -0.416. The molecule has 2 N–H and O–H groups in total. The summed E-state index contributed by atoms with van der Waals surface area (Å²) >= 11 is 0. The van der Waals surface area contributed by atoms with Crippen LogP contribution >= 0.6 is 0 Å². The second-order valence-corrected chi connectivity index (χ2v) is 6.47. The van der Waals surface area contributed by atoms with Crippen LogP contribution in [0.25, 0.3) is 0 Å². The van der Waals surface area contributed by atoms with E-state index in [1.807, 2.05) is 4.90 Å². The third-order valence-corrected chi connectivity index (χ3v) is 4.52. The molecule has 0 saturated carbocycles. The lowest BCUT2D eigenvalue weighted by Crippen LogP contribution is -2.52. The summed E-state index contributed by atoms with van der Waals surface area (Å²) in [5.41, 5.74) is 0.747. The van der Waals surface area contributed by atoms with Gasteiger partial charge in [0.1, 0.15) is 5.82 Å². The van der Waals surface area contributed by atoms with Gasteiger partial charge in [-0.1, -0.05) is 6.07 Å². The number of nitrogens with zero attached hydrogens (tertiary/aromatic N) is 4. The molecule has 0 unspecified atom stereocenters. The molecule has 1 aliphatic rings. The predicted octanol–water partition coefficient (Wildman–Crippen LogP) is 1.19. The quantitative estimate of drug-likeness (QED) is 0.754. The number of hydrogen-bond acceptors (Lipinski definition) is 5. The molecule has 2 heterocycles. The molecule has 3 rings (SSSR count). The van der Waals surface area contributed by atoms with Gasteiger partial charge in [-0.3, -0.25) is 4.79 Å². The average Bonchev–Trinajstić information content (AvgIpc) is 2.73. The van der Waals surface area contributed by atoms with Crippen LogP contribution in [-0.2, 0) is 0 Å². The summed E-state index contributed by atoms with van der Waals surface area (Å²) in [6.07, 6.45) is 3.39. The van der Waals surface area contributed by atoms with Crippen LogP contribution in [0.2, 0.25) is 0 Å². The van der Waals surface area contributed by atoms with Gasteiger partial charge in [0.05, 0.1) is 0 Å². The van der Waals surface area contributed by atoms with Crippen LogP contribution in [0.1, 0.15) is 15.9 Å². The molecule has 3 amide bonds. The van der Waals surface area contributed by atoms with E-state index >= 15 is 0 Å². The normalized spacial score (nSPS) is 13.9. The second kappa shape index (κ2) is 9.12. The Balaban J connectivity index is 1.37. The Labute approximate surface area is 162 Å². The van der Waals surface area contributed by atoms with Crippen LogP contribution in [0.3, 0.4) is 0 Å². The molecule has 0 radical (unpaired) electrons. The Morgan fingerprint density at radius 3 is 2.43 bits per heavy atom. The van der Waals surface area contributed by atoms with E-state index in [0.717, 1.165) is 0 Å². The number of hydrogen-bond donors (Lipinski definition) is 2. The van der Waals surface area contributed by atoms with E-state index in [0.29, 0.717) is 44.2 Å². The van der Waals surface area contributed by atoms with Crippen LogP contribution in [0.5, 0.6) is 0 Å². The number of aryl methyl sites for hydroxylation is 1. The maximum absolute atomic E-state index is 13.5. The molecule has 1 saturated heterocycles. The van der Waals surface area contributed by atoms with Gasteiger partial charge in [-0.25, -0.2) is 19.2 Å². The zero-order valence-corrected chi connectivity index (χ0v) is 15.7. The van der Waals surface area contributed by atoms with Gasteiger partial charge in [0.25, 0.3) is 5.91 Å². The zero-order chi connectivity index (χ0) is 19.9. The van der Waals surface area contributed by atoms with Gasteiger partial charge in [-0.05, 0) is 30.7 Å². The second-order valence-electron chi connectivity index (χ2n) is 6.47. The van der Waals surface area contributed by atoms with Crippen molar-refractivity contribution in [2.75, 3.05) is 44.2 Å². The Morgan fingerprint density at radius 1 is 1.07 bits per heavy atom. The van der Waals surface area contributed by atoms with Gasteiger partial charge in [0.2, 0.25) is 5.95 Å². The fourth-order valence-electron chi connectivity index (χ4n) is 2.86. The molecule has 8 nitrogen and oxygen atoms in total. The highest BCUT2D eigenvalue weighted by atomic mass is 19.1. The highest BCUT2D eigenvalue weighted by molar-refractivity contribution is 5.94. The third kappa shape index (κ3) is 4.93. The fraction of sp³-hybridized carbons (Fsp3) is 0.368. The van der Waals surface area contributed by atoms with Crippen molar-refractivity contribution in [1.82, 2.24) is 25.5 Å². The van der Waals surface area contributed by atoms with E-state index in [4.69, 9.17) is 0 Å². The molecule has 2 aromatic rings. The Hall–Kier alpha value is -3.23. The number of rotatable bonds is 5. The number of piperazine rings is 1. The molecule has 1 aromatic carbocycles. The monoisotopic (exact) mass is 386 g/mol. The number of nitrogens with one attached hydrogen (secondary N) is 2. The minimum Gasteiger partial charge on any atom is -0.350 e. The van der Waals surface area contributed by atoms with E-state index < -0.39 is 5.82 Å². The van der Waals surface area contributed by atoms with Gasteiger partial charge in [0.15, 0.2) is 0 Å². The summed E-state index contributed by atoms with van der Waals surface area (Å²) in [5.74, 6) is -0.122. The van der Waals surface area contributed by atoms with E-state index in [9.17, 15) is 14.0 Å². The largest absolute Gasteiger partial charge is 0.350 e. The average molecular weight is 386 g/mol. The molecule has 1 fully saturated rings. The van der Waals surface area contributed by atoms with Crippen LogP contribution in [-0.4, -0.2) is 66.1 Å². The molecule has 148 valence electrons. The van der Waals surface area contributed by atoms with Gasteiger partial charge >= 0.3 is 6.03 Å². The molecular formula is C19H23FN6O2. The lowest BCUT2D eigenvalue weighted by Gasteiger charge is -2.34. The predicted molar refractivity (Wildman–Crippen MR) is 103 cm³/mol. The molecule has 1 aromatic heterocycles. The van der Waals surface area contributed by atoms with Crippen molar-refractivity contribution >= 4 is 17.9 Å². The summed E-state index contributed by atoms with van der Waals surface area (Å²) in [6.45, 7) is 4.65. The molecule has 28 heavy (non-hydrogen) atoms. The molecule has 0 atom stereocenters. The van der Waals surface area contributed by atoms with Crippen molar-refractivity contribution < 1.29 is 14.0 Å². The van der Waals surface area contributed by atoms with Crippen LogP contribution in [0, 0.1) is 12.7 Å². The summed E-state index contributed by atoms with van der Waals surface area (Å²) in [7, 11) is 0. The number of amides is 3. The van der Waals surface area contributed by atoms with Crippen molar-refractivity contribution in [1.29, 1.82) is 0 Å². The van der Waals surface area contributed by atoms with Crippen LogP contribution < -0.4 is 15.5 Å². The zero-order valence-electron chi connectivity index (χ0n) is 15.7. The van der Waals surface area contributed by atoms with E-state index in [1.165, 1.54) is 6.07 Å². The topological polar surface area (TPSA) is 90.5 Å². The summed E-state index contributed by atoms with van der Waals surface area (Å²) in [6, 6.07) is 5.93. The van der Waals surface area contributed by atoms with E-state index in [1.54, 1.807) is 42.4 Å². The summed E-state index contributed by atoms with van der Waals surface area (Å²) < 4.78 is 13.5. The first-order valence-electron chi connectivity index (χ1n) is 9.13. The lowest BCUT2D eigenvalue weighted by molar-refractivity contribution is 0.0953. The number of carbonyl (C=O) groups is 2. The SMILES string of the molecule is Cc1ccc(C(=O)NCCNC(=O)N2CCN(c3ncccn3)CC2)cc1F. The molecular weight excluding hydrogens is 363 g/mol. The van der Waals surface area contributed by atoms with Crippen molar-refractivity contribution in [3.63, 3.8) is 0 Å². The first kappa shape index (κ1) is 19.5. The first-order chi connectivity index (χ1) is 13.5. The minimum absolute atomic E-state index is 0.177. The van der Waals surface area contributed by atoms with Crippen molar-refractivity contribution in [2.45, 2.75) is 6.92 Å². The summed E-state index contributed by atoms with van der Waals surface area (Å²) in [5, 5.41) is 5.45. The standard InChI is InChI=1S/C19H23FN6O2/c1-14-3-4-15(13-16(14)20)17(27)21-7-8-24-19(28)26-11-9-25(10-12-26)18-22-5-2-6-23-18/h2-6,13H,7-12H2,1H3,(H,21,27)(H,24,28). The van der Waals surface area contributed by atoms with Gasteiger partial charge in [-0.2, -0.15) is 0 Å². The highest BCUT2D eigenvalue weighted by Crippen LogP contribution is 2.10. The maximum Gasteiger partial charge on any atom is 0.317 e. The number of carbonyl (C=O) groups excluding carboxylic acids is 2. The fourth-order valence-corrected chi connectivity index (χ4v) is 2.86. The Bertz CT molecular complexity index is 824. The number of halogens is 1. The molecule has 9 heteroatoms. The van der Waals surface area contributed by atoms with Crippen LogP contribution in [0.4, 0.5) is 15.1 Å². The number of anilines is 1. The maximum atomic E-state index is 13.5. The number of benzene rings is 1.